The Labute approximate surface area is 93.6 Å². The zero-order chi connectivity index (χ0) is 12.1. The minimum atomic E-state index is -0.402. The van der Waals surface area contributed by atoms with Gasteiger partial charge in [0.25, 0.3) is 0 Å². The molecule has 15 heavy (non-hydrogen) atoms. The SMILES string of the molecule is CCCC(C)NC(C)C(=O)OC(C)(C)C. The highest BCUT2D eigenvalue weighted by Gasteiger charge is 2.22. The van der Waals surface area contributed by atoms with E-state index in [1.807, 2.05) is 27.7 Å². The number of hydrogen-bond donors (Lipinski definition) is 1. The molecule has 2 atom stereocenters. The van der Waals surface area contributed by atoms with Crippen LogP contribution in [0, 0.1) is 0 Å². The van der Waals surface area contributed by atoms with E-state index >= 15 is 0 Å². The third kappa shape index (κ3) is 7.37. The van der Waals surface area contributed by atoms with Gasteiger partial charge < -0.3 is 10.1 Å². The maximum absolute atomic E-state index is 11.6. The predicted octanol–water partition coefficient (Wildman–Crippen LogP) is 2.49. The second-order valence-corrected chi connectivity index (χ2v) is 5.11. The van der Waals surface area contributed by atoms with Gasteiger partial charge in [0.2, 0.25) is 0 Å². The molecule has 0 aliphatic rings. The number of esters is 1. The molecule has 0 radical (unpaired) electrons. The summed E-state index contributed by atoms with van der Waals surface area (Å²) in [5.74, 6) is -0.176. The fourth-order valence-corrected chi connectivity index (χ4v) is 1.40. The molecular weight excluding hydrogens is 190 g/mol. The summed E-state index contributed by atoms with van der Waals surface area (Å²) in [7, 11) is 0. The molecule has 90 valence electrons. The van der Waals surface area contributed by atoms with Crippen LogP contribution in [0.4, 0.5) is 0 Å². The summed E-state index contributed by atoms with van der Waals surface area (Å²) in [6, 6.07) is 0.128. The zero-order valence-electron chi connectivity index (χ0n) is 10.9. The van der Waals surface area contributed by atoms with Crippen molar-refractivity contribution >= 4 is 5.97 Å². The van der Waals surface area contributed by atoms with Gasteiger partial charge in [-0.1, -0.05) is 13.3 Å². The van der Waals surface area contributed by atoms with E-state index in [1.54, 1.807) is 0 Å². The third-order valence-electron chi connectivity index (χ3n) is 2.02. The van der Waals surface area contributed by atoms with Crippen LogP contribution in [-0.4, -0.2) is 23.7 Å². The molecule has 0 aromatic carbocycles. The molecule has 0 amide bonds. The highest BCUT2D eigenvalue weighted by atomic mass is 16.6. The first-order valence-electron chi connectivity index (χ1n) is 5.75. The minimum absolute atomic E-state index is 0.176. The topological polar surface area (TPSA) is 38.3 Å². The lowest BCUT2D eigenvalue weighted by molar-refractivity contribution is -0.157. The van der Waals surface area contributed by atoms with E-state index in [4.69, 9.17) is 4.74 Å². The van der Waals surface area contributed by atoms with E-state index < -0.39 is 5.60 Å². The van der Waals surface area contributed by atoms with E-state index in [1.165, 1.54) is 0 Å². The van der Waals surface area contributed by atoms with Crippen molar-refractivity contribution in [3.05, 3.63) is 0 Å². The van der Waals surface area contributed by atoms with Crippen LogP contribution < -0.4 is 5.32 Å². The van der Waals surface area contributed by atoms with Crippen molar-refractivity contribution < 1.29 is 9.53 Å². The zero-order valence-corrected chi connectivity index (χ0v) is 10.9. The predicted molar refractivity (Wildman–Crippen MR) is 62.8 cm³/mol. The van der Waals surface area contributed by atoms with Crippen LogP contribution in [0.3, 0.4) is 0 Å². The molecule has 0 spiro atoms. The Hall–Kier alpha value is -0.570. The summed E-state index contributed by atoms with van der Waals surface area (Å²) in [6.07, 6.45) is 2.20. The number of carbonyl (C=O) groups excluding carboxylic acids is 1. The van der Waals surface area contributed by atoms with Gasteiger partial charge >= 0.3 is 5.97 Å². The lowest BCUT2D eigenvalue weighted by atomic mass is 10.1. The van der Waals surface area contributed by atoms with Crippen LogP contribution in [0.1, 0.15) is 54.4 Å². The maximum Gasteiger partial charge on any atom is 0.323 e. The van der Waals surface area contributed by atoms with Crippen LogP contribution in [0.5, 0.6) is 0 Å². The third-order valence-corrected chi connectivity index (χ3v) is 2.02. The first kappa shape index (κ1) is 14.4. The van der Waals surface area contributed by atoms with Gasteiger partial charge in [-0.25, -0.2) is 0 Å². The minimum Gasteiger partial charge on any atom is -0.459 e. The molecule has 0 aromatic heterocycles. The van der Waals surface area contributed by atoms with Gasteiger partial charge in [-0.15, -0.1) is 0 Å². The van der Waals surface area contributed by atoms with Gasteiger partial charge in [0.1, 0.15) is 11.6 Å². The van der Waals surface area contributed by atoms with Crippen molar-refractivity contribution in [2.24, 2.45) is 0 Å². The normalized spacial score (nSPS) is 15.9. The number of nitrogens with one attached hydrogen (secondary N) is 1. The number of carbonyl (C=O) groups is 1. The lowest BCUT2D eigenvalue weighted by Gasteiger charge is -2.24. The Kier molecular flexibility index (Phi) is 5.88. The fraction of sp³-hybridized carbons (Fsp3) is 0.917. The van der Waals surface area contributed by atoms with Gasteiger partial charge in [0, 0.05) is 6.04 Å². The molecule has 2 unspecified atom stereocenters. The molecule has 1 N–H and O–H groups in total. The maximum atomic E-state index is 11.6. The first-order valence-corrected chi connectivity index (χ1v) is 5.75. The number of hydrogen-bond acceptors (Lipinski definition) is 3. The summed E-state index contributed by atoms with van der Waals surface area (Å²) in [5, 5.41) is 3.23. The van der Waals surface area contributed by atoms with Crippen LogP contribution in [0.15, 0.2) is 0 Å². The average molecular weight is 215 g/mol. The summed E-state index contributed by atoms with van der Waals surface area (Å²) in [5.41, 5.74) is -0.402. The van der Waals surface area contributed by atoms with Crippen LogP contribution in [-0.2, 0) is 9.53 Å². The largest absolute Gasteiger partial charge is 0.459 e. The van der Waals surface area contributed by atoms with E-state index in [2.05, 4.69) is 19.2 Å². The molecule has 0 bridgehead atoms. The molecule has 0 aliphatic heterocycles. The second kappa shape index (κ2) is 6.11. The summed E-state index contributed by atoms with van der Waals surface area (Å²) in [4.78, 5) is 11.6. The van der Waals surface area contributed by atoms with Gasteiger partial charge in [-0.2, -0.15) is 0 Å². The van der Waals surface area contributed by atoms with Crippen molar-refractivity contribution in [1.29, 1.82) is 0 Å². The second-order valence-electron chi connectivity index (χ2n) is 5.11. The van der Waals surface area contributed by atoms with E-state index in [-0.39, 0.29) is 12.0 Å². The molecule has 0 aliphatic carbocycles. The van der Waals surface area contributed by atoms with Gasteiger partial charge in [-0.05, 0) is 41.0 Å². The number of ether oxygens (including phenoxy) is 1. The molecule has 0 aromatic rings. The fourth-order valence-electron chi connectivity index (χ4n) is 1.40. The molecule has 0 heterocycles. The molecule has 3 nitrogen and oxygen atoms in total. The molecule has 0 fully saturated rings. The van der Waals surface area contributed by atoms with Gasteiger partial charge in [0.05, 0.1) is 0 Å². The standard InChI is InChI=1S/C12H25NO2/c1-7-8-9(2)13-10(3)11(14)15-12(4,5)6/h9-10,13H,7-8H2,1-6H3. The van der Waals surface area contributed by atoms with Crippen molar-refractivity contribution in [2.45, 2.75) is 72.1 Å². The molecule has 3 heteroatoms. The summed E-state index contributed by atoms with van der Waals surface area (Å²) < 4.78 is 5.28. The van der Waals surface area contributed by atoms with Crippen LogP contribution >= 0.6 is 0 Å². The summed E-state index contributed by atoms with van der Waals surface area (Å²) >= 11 is 0. The van der Waals surface area contributed by atoms with E-state index in [0.717, 1.165) is 12.8 Å². The van der Waals surface area contributed by atoms with Crippen molar-refractivity contribution in [1.82, 2.24) is 5.32 Å². The molecule has 0 saturated carbocycles. The van der Waals surface area contributed by atoms with E-state index in [0.29, 0.717) is 6.04 Å². The Morgan fingerprint density at radius 2 is 1.87 bits per heavy atom. The van der Waals surface area contributed by atoms with Gasteiger partial charge in [0.15, 0.2) is 0 Å². The lowest BCUT2D eigenvalue weighted by Crippen LogP contribution is -2.43. The molecule has 0 rings (SSSR count). The molecule has 0 saturated heterocycles. The Balaban J connectivity index is 3.99. The Bertz CT molecular complexity index is 196. The monoisotopic (exact) mass is 215 g/mol. The Morgan fingerprint density at radius 1 is 1.33 bits per heavy atom. The van der Waals surface area contributed by atoms with E-state index in [9.17, 15) is 4.79 Å². The summed E-state index contributed by atoms with van der Waals surface area (Å²) in [6.45, 7) is 11.7. The quantitative estimate of drug-likeness (QED) is 0.716. The van der Waals surface area contributed by atoms with Crippen molar-refractivity contribution in [2.75, 3.05) is 0 Å². The van der Waals surface area contributed by atoms with Gasteiger partial charge in [-0.3, -0.25) is 4.79 Å². The Morgan fingerprint density at radius 3 is 2.27 bits per heavy atom. The molecular formula is C12H25NO2. The van der Waals surface area contributed by atoms with Crippen molar-refractivity contribution in [3.8, 4) is 0 Å². The smallest absolute Gasteiger partial charge is 0.323 e. The highest BCUT2D eigenvalue weighted by Crippen LogP contribution is 2.08. The van der Waals surface area contributed by atoms with Crippen molar-refractivity contribution in [3.63, 3.8) is 0 Å². The highest BCUT2D eigenvalue weighted by molar-refractivity contribution is 5.75. The first-order chi connectivity index (χ1) is 6.76. The number of rotatable bonds is 5. The van der Waals surface area contributed by atoms with Crippen LogP contribution in [0.25, 0.3) is 0 Å². The van der Waals surface area contributed by atoms with Crippen LogP contribution in [0.2, 0.25) is 0 Å². The average Bonchev–Trinajstić information content (AvgIpc) is 2.00.